The van der Waals surface area contributed by atoms with Crippen molar-refractivity contribution in [2.75, 3.05) is 37.7 Å². The molecule has 0 bridgehead atoms. The van der Waals surface area contributed by atoms with Gasteiger partial charge in [-0.05, 0) is 38.0 Å². The third kappa shape index (κ3) is 6.29. The van der Waals surface area contributed by atoms with E-state index in [1.807, 2.05) is 19.9 Å². The van der Waals surface area contributed by atoms with Gasteiger partial charge in [0.25, 0.3) is 0 Å². The summed E-state index contributed by atoms with van der Waals surface area (Å²) in [6.07, 6.45) is 6.58. The Morgan fingerprint density at radius 2 is 2.03 bits per heavy atom. The van der Waals surface area contributed by atoms with Crippen molar-refractivity contribution in [2.24, 2.45) is 28.3 Å². The number of carbonyl (C=O) groups is 1. The fourth-order valence-electron chi connectivity index (χ4n) is 3.85. The number of piperidine rings is 1. The van der Waals surface area contributed by atoms with Crippen LogP contribution in [0.4, 0.5) is 10.6 Å². The molecule has 4 N–H and O–H groups in total. The molecule has 1 aromatic rings. The highest BCUT2D eigenvalue weighted by Gasteiger charge is 2.23. The SMILES string of the molecule is CC(C)/C(N)=N/C(=O)N1CCC(CCCOc2cc(N3CCC(N)C3)ncn2)CC1. The van der Waals surface area contributed by atoms with Gasteiger partial charge in [0.2, 0.25) is 5.88 Å². The molecule has 166 valence electrons. The van der Waals surface area contributed by atoms with Gasteiger partial charge >= 0.3 is 6.03 Å². The summed E-state index contributed by atoms with van der Waals surface area (Å²) in [6.45, 7) is 7.74. The predicted molar refractivity (Wildman–Crippen MR) is 118 cm³/mol. The molecular formula is C21H35N7O2. The lowest BCUT2D eigenvalue weighted by Crippen LogP contribution is -2.38. The predicted octanol–water partition coefficient (Wildman–Crippen LogP) is 2.02. The Kier molecular flexibility index (Phi) is 7.84. The lowest BCUT2D eigenvalue weighted by Gasteiger charge is -2.30. The average Bonchev–Trinajstić information content (AvgIpc) is 3.18. The molecule has 1 unspecified atom stereocenters. The van der Waals surface area contributed by atoms with Crippen LogP contribution >= 0.6 is 0 Å². The van der Waals surface area contributed by atoms with Gasteiger partial charge in [-0.3, -0.25) is 0 Å². The fourth-order valence-corrected chi connectivity index (χ4v) is 3.85. The summed E-state index contributed by atoms with van der Waals surface area (Å²) < 4.78 is 5.84. The van der Waals surface area contributed by atoms with Gasteiger partial charge in [0.1, 0.15) is 18.0 Å². The number of aliphatic imine (C=N–C) groups is 1. The molecule has 0 saturated carbocycles. The molecule has 2 aliphatic rings. The van der Waals surface area contributed by atoms with Gasteiger partial charge < -0.3 is 26.0 Å². The van der Waals surface area contributed by atoms with Crippen molar-refractivity contribution in [2.45, 2.75) is 52.0 Å². The van der Waals surface area contributed by atoms with Gasteiger partial charge in [-0.1, -0.05) is 13.8 Å². The number of aromatic nitrogens is 2. The Balaban J connectivity index is 1.35. The molecule has 0 aliphatic carbocycles. The summed E-state index contributed by atoms with van der Waals surface area (Å²) in [4.78, 5) is 28.7. The maximum Gasteiger partial charge on any atom is 0.345 e. The van der Waals surface area contributed by atoms with E-state index in [1.54, 1.807) is 11.2 Å². The van der Waals surface area contributed by atoms with Gasteiger partial charge in [0.05, 0.1) is 6.61 Å². The van der Waals surface area contributed by atoms with Crippen LogP contribution in [0.3, 0.4) is 0 Å². The molecule has 2 amide bonds. The average molecular weight is 418 g/mol. The lowest BCUT2D eigenvalue weighted by molar-refractivity contribution is 0.172. The number of urea groups is 1. The van der Waals surface area contributed by atoms with Crippen LogP contribution in [-0.2, 0) is 0 Å². The Labute approximate surface area is 178 Å². The lowest BCUT2D eigenvalue weighted by atomic mass is 9.92. The monoisotopic (exact) mass is 417 g/mol. The smallest absolute Gasteiger partial charge is 0.345 e. The van der Waals surface area contributed by atoms with Gasteiger partial charge in [0, 0.05) is 44.2 Å². The van der Waals surface area contributed by atoms with Crippen molar-refractivity contribution in [3.05, 3.63) is 12.4 Å². The number of hydrogen-bond acceptors (Lipinski definition) is 6. The van der Waals surface area contributed by atoms with Crippen molar-refractivity contribution in [3.63, 3.8) is 0 Å². The van der Waals surface area contributed by atoms with Crippen LogP contribution in [-0.4, -0.2) is 65.6 Å². The largest absolute Gasteiger partial charge is 0.478 e. The van der Waals surface area contributed by atoms with Crippen LogP contribution in [0.15, 0.2) is 17.4 Å². The number of rotatable bonds is 7. The number of ether oxygens (including phenoxy) is 1. The Morgan fingerprint density at radius 3 is 2.70 bits per heavy atom. The van der Waals surface area contributed by atoms with E-state index in [0.717, 1.165) is 64.1 Å². The second kappa shape index (κ2) is 10.6. The molecule has 9 nitrogen and oxygen atoms in total. The van der Waals surface area contributed by atoms with Crippen molar-refractivity contribution in [1.29, 1.82) is 0 Å². The zero-order valence-corrected chi connectivity index (χ0v) is 18.2. The highest BCUT2D eigenvalue weighted by molar-refractivity contribution is 5.93. The van der Waals surface area contributed by atoms with Crippen molar-refractivity contribution in [1.82, 2.24) is 14.9 Å². The minimum Gasteiger partial charge on any atom is -0.478 e. The number of likely N-dealkylation sites (tertiary alicyclic amines) is 1. The molecule has 2 aliphatic heterocycles. The zero-order valence-electron chi connectivity index (χ0n) is 18.2. The standard InChI is InChI=1S/C21H35N7O2/c1-15(2)20(23)26-21(29)27-8-5-16(6-9-27)4-3-11-30-19-12-18(24-14-25-19)28-10-7-17(22)13-28/h12,14-17H,3-11,13,22H2,1-2H3,(H2,23,26,29). The number of hydrogen-bond donors (Lipinski definition) is 2. The highest BCUT2D eigenvalue weighted by atomic mass is 16.5. The molecule has 0 radical (unpaired) electrons. The maximum absolute atomic E-state index is 12.2. The minimum absolute atomic E-state index is 0.0883. The van der Waals surface area contributed by atoms with Crippen molar-refractivity contribution >= 4 is 17.7 Å². The van der Waals surface area contributed by atoms with Gasteiger partial charge in [-0.25, -0.2) is 14.8 Å². The molecule has 30 heavy (non-hydrogen) atoms. The topological polar surface area (TPSA) is 123 Å². The summed E-state index contributed by atoms with van der Waals surface area (Å²) in [5.74, 6) is 2.59. The van der Waals surface area contributed by atoms with E-state index in [2.05, 4.69) is 19.9 Å². The van der Waals surface area contributed by atoms with Crippen LogP contribution in [0.1, 0.15) is 46.0 Å². The number of nitrogens with zero attached hydrogens (tertiary/aromatic N) is 5. The first kappa shape index (κ1) is 22.3. The molecule has 9 heteroatoms. The highest BCUT2D eigenvalue weighted by Crippen LogP contribution is 2.23. The molecule has 2 saturated heterocycles. The Hall–Kier alpha value is -2.42. The first-order chi connectivity index (χ1) is 14.4. The molecule has 2 fully saturated rings. The Bertz CT molecular complexity index is 732. The van der Waals surface area contributed by atoms with E-state index in [0.29, 0.717) is 24.2 Å². The number of anilines is 1. The molecule has 1 atom stereocenters. The second-order valence-corrected chi connectivity index (χ2v) is 8.60. The molecule has 3 heterocycles. The second-order valence-electron chi connectivity index (χ2n) is 8.60. The van der Waals surface area contributed by atoms with E-state index in [9.17, 15) is 4.79 Å². The van der Waals surface area contributed by atoms with Crippen LogP contribution in [0, 0.1) is 11.8 Å². The van der Waals surface area contributed by atoms with Gasteiger partial charge in [-0.2, -0.15) is 4.99 Å². The normalized spacial score (nSPS) is 20.8. The summed E-state index contributed by atoms with van der Waals surface area (Å²) in [6, 6.07) is 1.90. The van der Waals surface area contributed by atoms with Crippen LogP contribution in [0.5, 0.6) is 5.88 Å². The maximum atomic E-state index is 12.2. The summed E-state index contributed by atoms with van der Waals surface area (Å²) in [7, 11) is 0. The van der Waals surface area contributed by atoms with Crippen LogP contribution < -0.4 is 21.1 Å². The number of carbonyl (C=O) groups excluding carboxylic acids is 1. The van der Waals surface area contributed by atoms with E-state index >= 15 is 0 Å². The number of nitrogens with two attached hydrogens (primary N) is 2. The summed E-state index contributed by atoms with van der Waals surface area (Å²) >= 11 is 0. The van der Waals surface area contributed by atoms with E-state index in [1.165, 1.54) is 0 Å². The molecular weight excluding hydrogens is 382 g/mol. The fraction of sp³-hybridized carbons (Fsp3) is 0.714. The molecule has 0 spiro atoms. The van der Waals surface area contributed by atoms with Crippen LogP contribution in [0.2, 0.25) is 0 Å². The first-order valence-corrected chi connectivity index (χ1v) is 11.0. The molecule has 3 rings (SSSR count). The number of amidine groups is 1. The van der Waals surface area contributed by atoms with Gasteiger partial charge in [-0.15, -0.1) is 0 Å². The van der Waals surface area contributed by atoms with Crippen molar-refractivity contribution in [3.8, 4) is 5.88 Å². The first-order valence-electron chi connectivity index (χ1n) is 11.0. The third-order valence-electron chi connectivity index (χ3n) is 5.88. The molecule has 0 aromatic carbocycles. The zero-order chi connectivity index (χ0) is 21.5. The Morgan fingerprint density at radius 1 is 1.27 bits per heavy atom. The van der Waals surface area contributed by atoms with Gasteiger partial charge in [0.15, 0.2) is 0 Å². The minimum atomic E-state index is -0.207. The van der Waals surface area contributed by atoms with Crippen LogP contribution in [0.25, 0.3) is 0 Å². The number of amides is 2. The molecule has 1 aromatic heterocycles. The quantitative estimate of drug-likeness (QED) is 0.395. The summed E-state index contributed by atoms with van der Waals surface area (Å²) in [5.41, 5.74) is 11.8. The van der Waals surface area contributed by atoms with E-state index < -0.39 is 0 Å². The van der Waals surface area contributed by atoms with E-state index in [-0.39, 0.29) is 18.0 Å². The third-order valence-corrected chi connectivity index (χ3v) is 5.88. The van der Waals surface area contributed by atoms with Crippen molar-refractivity contribution < 1.29 is 9.53 Å². The summed E-state index contributed by atoms with van der Waals surface area (Å²) in [5, 5.41) is 0. The van der Waals surface area contributed by atoms with E-state index in [4.69, 9.17) is 16.2 Å².